The molecule has 0 saturated heterocycles. The van der Waals surface area contributed by atoms with Crippen LogP contribution in [0.3, 0.4) is 0 Å². The van der Waals surface area contributed by atoms with Crippen molar-refractivity contribution in [1.29, 1.82) is 0 Å². The number of aryl methyl sites for hydroxylation is 1. The third kappa shape index (κ3) is 3.77. The van der Waals surface area contributed by atoms with Crippen LogP contribution in [0.25, 0.3) is 59.6 Å². The smallest absolute Gasteiger partial charge is 0.190 e. The van der Waals surface area contributed by atoms with Crippen molar-refractivity contribution in [2.24, 2.45) is 0 Å². The predicted molar refractivity (Wildman–Crippen MR) is 169 cm³/mol. The van der Waals surface area contributed by atoms with Gasteiger partial charge < -0.3 is 40.9 Å². The molecule has 0 saturated carbocycles. The lowest BCUT2D eigenvalue weighted by atomic mass is 9.82. The number of aliphatic hydroxyl groups excluding tert-OH is 3. The Kier molecular flexibility index (Phi) is 6.80. The molecule has 0 unspecified atom stereocenters. The number of ether oxygens (including phenoxy) is 1. The minimum absolute atomic E-state index is 0.00755. The molecule has 0 fully saturated rings. The first-order chi connectivity index (χ1) is 20.6. The van der Waals surface area contributed by atoms with Crippen LogP contribution >= 0.6 is 0 Å². The van der Waals surface area contributed by atoms with Gasteiger partial charge in [-0.15, -0.1) is 0 Å². The number of aromatic hydroxyl groups is 2. The first kappa shape index (κ1) is 28.5. The number of aliphatic hydroxyl groups is 3. The number of rotatable bonds is 8. The number of hydrogen-bond acceptors (Lipinski definition) is 10. The molecule has 0 spiro atoms. The molecule has 0 bridgehead atoms. The van der Waals surface area contributed by atoms with Gasteiger partial charge in [-0.3, -0.25) is 9.59 Å². The highest BCUT2D eigenvalue weighted by atomic mass is 16.5. The van der Waals surface area contributed by atoms with E-state index in [9.17, 15) is 35.1 Å². The van der Waals surface area contributed by atoms with Crippen LogP contribution < -0.4 is 31.4 Å². The Balaban J connectivity index is 2.14. The number of anilines is 1. The Morgan fingerprint density at radius 1 is 0.791 bits per heavy atom. The van der Waals surface area contributed by atoms with Gasteiger partial charge in [0.05, 0.1) is 42.5 Å². The number of phenolic OH excluding ortho intramolecular Hbond substituents is 2. The summed E-state index contributed by atoms with van der Waals surface area (Å²) < 4.78 is 5.72. The highest BCUT2D eigenvalue weighted by Gasteiger charge is 2.30. The number of fused-ring (bicyclic) bond motifs is 1. The SMILES string of the molecule is CNCCCNc1c(O)c2c(=O)cc(CO)c3c4c(CO)cc(=O)c5c(O)c(OC)c6/c(=C(/C)O)c(C)cc1c(c23)c6c54. The summed E-state index contributed by atoms with van der Waals surface area (Å²) in [5.41, 5.74) is 0.256. The lowest BCUT2D eigenvalue weighted by molar-refractivity contribution is 0.282. The predicted octanol–water partition coefficient (Wildman–Crippen LogP) is 3.19. The van der Waals surface area contributed by atoms with Crippen molar-refractivity contribution in [3.8, 4) is 17.2 Å². The van der Waals surface area contributed by atoms with E-state index in [2.05, 4.69) is 10.6 Å². The van der Waals surface area contributed by atoms with Crippen LogP contribution in [0.2, 0.25) is 0 Å². The van der Waals surface area contributed by atoms with Crippen LogP contribution in [0.15, 0.2) is 27.8 Å². The molecule has 43 heavy (non-hydrogen) atoms. The molecular formula is C33H32N2O8. The fourth-order valence-electron chi connectivity index (χ4n) is 6.90. The van der Waals surface area contributed by atoms with Gasteiger partial charge in [-0.05, 0) is 79.5 Å². The molecule has 0 aromatic heterocycles. The molecule has 0 aliphatic carbocycles. The second kappa shape index (κ2) is 10.3. The first-order valence-corrected chi connectivity index (χ1v) is 14.0. The lowest BCUT2D eigenvalue weighted by Crippen LogP contribution is -2.14. The Morgan fingerprint density at radius 3 is 1.88 bits per heavy atom. The van der Waals surface area contributed by atoms with Gasteiger partial charge >= 0.3 is 0 Å². The van der Waals surface area contributed by atoms with E-state index >= 15 is 0 Å². The van der Waals surface area contributed by atoms with E-state index in [1.807, 2.05) is 7.05 Å². The van der Waals surface area contributed by atoms with E-state index in [0.717, 1.165) is 0 Å². The Labute approximate surface area is 244 Å². The van der Waals surface area contributed by atoms with E-state index in [1.54, 1.807) is 13.0 Å². The fourth-order valence-corrected chi connectivity index (χ4v) is 6.90. The maximum absolute atomic E-state index is 13.7. The molecule has 0 atom stereocenters. The molecule has 6 aromatic rings. The monoisotopic (exact) mass is 584 g/mol. The Hall–Kier alpha value is -4.64. The fraction of sp³-hybridized carbons (Fsp3) is 0.273. The van der Waals surface area contributed by atoms with Gasteiger partial charge in [0.25, 0.3) is 0 Å². The molecule has 7 N–H and O–H groups in total. The van der Waals surface area contributed by atoms with Crippen molar-refractivity contribution >= 4 is 65.3 Å². The van der Waals surface area contributed by atoms with Gasteiger partial charge in [0.15, 0.2) is 28.1 Å². The zero-order chi connectivity index (χ0) is 30.9. The highest BCUT2D eigenvalue weighted by Crippen LogP contribution is 2.53. The Morgan fingerprint density at radius 2 is 1.35 bits per heavy atom. The number of methoxy groups -OCH3 is 1. The summed E-state index contributed by atoms with van der Waals surface area (Å²) in [6.07, 6.45) is 0.704. The average molecular weight is 585 g/mol. The normalized spacial score (nSPS) is 12.9. The van der Waals surface area contributed by atoms with E-state index in [1.165, 1.54) is 26.2 Å². The highest BCUT2D eigenvalue weighted by molar-refractivity contribution is 6.43. The molecule has 0 aliphatic rings. The van der Waals surface area contributed by atoms with Crippen LogP contribution in [-0.2, 0) is 13.2 Å². The van der Waals surface area contributed by atoms with Crippen LogP contribution in [0.4, 0.5) is 5.69 Å². The molecule has 6 rings (SSSR count). The van der Waals surface area contributed by atoms with Crippen molar-refractivity contribution < 1.29 is 30.3 Å². The second-order valence-electron chi connectivity index (χ2n) is 10.9. The second-order valence-corrected chi connectivity index (χ2v) is 10.9. The third-order valence-electron chi connectivity index (χ3n) is 8.50. The summed E-state index contributed by atoms with van der Waals surface area (Å²) >= 11 is 0. The Bertz CT molecular complexity index is 2280. The van der Waals surface area contributed by atoms with Crippen molar-refractivity contribution in [2.45, 2.75) is 33.5 Å². The summed E-state index contributed by atoms with van der Waals surface area (Å²) in [4.78, 5) is 27.3. The number of nitrogens with one attached hydrogen (secondary N) is 2. The van der Waals surface area contributed by atoms with Crippen LogP contribution in [0.1, 0.15) is 30.0 Å². The molecule has 6 aromatic carbocycles. The molecule has 222 valence electrons. The molecule has 0 aliphatic heterocycles. The topological polar surface area (TPSA) is 169 Å². The maximum Gasteiger partial charge on any atom is 0.190 e. The minimum atomic E-state index is -0.557. The minimum Gasteiger partial charge on any atom is -0.512 e. The van der Waals surface area contributed by atoms with Gasteiger partial charge in [-0.1, -0.05) is 0 Å². The third-order valence-corrected chi connectivity index (χ3v) is 8.50. The van der Waals surface area contributed by atoms with Crippen molar-refractivity contribution in [3.63, 3.8) is 0 Å². The molecular weight excluding hydrogens is 552 g/mol. The van der Waals surface area contributed by atoms with Crippen molar-refractivity contribution in [3.05, 3.63) is 60.6 Å². The van der Waals surface area contributed by atoms with Gasteiger partial charge in [0.2, 0.25) is 0 Å². The van der Waals surface area contributed by atoms with Crippen LogP contribution in [0, 0.1) is 6.92 Å². The molecule has 10 heteroatoms. The standard InChI is InChI=1S/C33H32N2O8/c1-13-8-17-23-26-21(15(11-36)9-18(39)24(26)31(41)30(17)35-7-5-6-34-3)22-16(12-37)10-19(40)25-27(22)28(23)29(20(13)14(2)38)33(43-4)32(25)42/h8-10,34-38,41-42H,5-7,11-12H2,1-4H3/b20-14-. The number of phenols is 2. The molecule has 0 heterocycles. The van der Waals surface area contributed by atoms with E-state index in [4.69, 9.17) is 4.74 Å². The summed E-state index contributed by atoms with van der Waals surface area (Å²) in [5, 5.41) is 65.1. The van der Waals surface area contributed by atoms with Crippen LogP contribution in [-0.4, -0.2) is 52.8 Å². The zero-order valence-corrected chi connectivity index (χ0v) is 24.2. The van der Waals surface area contributed by atoms with E-state index in [0.29, 0.717) is 79.1 Å². The molecule has 10 nitrogen and oxygen atoms in total. The van der Waals surface area contributed by atoms with Crippen molar-refractivity contribution in [2.75, 3.05) is 32.6 Å². The summed E-state index contributed by atoms with van der Waals surface area (Å²) in [7, 11) is 3.18. The van der Waals surface area contributed by atoms with Crippen LogP contribution in [0.5, 0.6) is 17.2 Å². The maximum atomic E-state index is 13.7. The van der Waals surface area contributed by atoms with Crippen molar-refractivity contribution in [1.82, 2.24) is 5.32 Å². The van der Waals surface area contributed by atoms with E-state index < -0.39 is 29.8 Å². The molecule has 0 amide bonds. The van der Waals surface area contributed by atoms with Gasteiger partial charge in [0.1, 0.15) is 0 Å². The summed E-state index contributed by atoms with van der Waals surface area (Å²) in [6.45, 7) is 3.34. The van der Waals surface area contributed by atoms with Gasteiger partial charge in [-0.2, -0.15) is 0 Å². The summed E-state index contributed by atoms with van der Waals surface area (Å²) in [6, 6.07) is 4.26. The lowest BCUT2D eigenvalue weighted by Gasteiger charge is -2.23. The summed E-state index contributed by atoms with van der Waals surface area (Å²) in [5.74, 6) is -0.832. The largest absolute Gasteiger partial charge is 0.512 e. The quantitative estimate of drug-likeness (QED) is 0.0611. The van der Waals surface area contributed by atoms with Gasteiger partial charge in [-0.25, -0.2) is 0 Å². The number of benzene rings is 5. The number of hydrogen-bond donors (Lipinski definition) is 7. The van der Waals surface area contributed by atoms with Gasteiger partial charge in [0, 0.05) is 44.1 Å². The zero-order valence-electron chi connectivity index (χ0n) is 24.2. The molecule has 0 radical (unpaired) electrons. The average Bonchev–Trinajstić information content (AvgIpc) is 3.10. The van der Waals surface area contributed by atoms with E-state index in [-0.39, 0.29) is 39.2 Å². The first-order valence-electron chi connectivity index (χ1n) is 14.0.